The van der Waals surface area contributed by atoms with E-state index >= 15 is 0 Å². The van der Waals surface area contributed by atoms with E-state index in [0.29, 0.717) is 16.8 Å². The van der Waals surface area contributed by atoms with Crippen molar-refractivity contribution in [3.05, 3.63) is 64.8 Å². The molecule has 1 amide bonds. The third-order valence-electron chi connectivity index (χ3n) is 3.76. The molecule has 3 aromatic rings. The minimum absolute atomic E-state index is 0.103. The van der Waals surface area contributed by atoms with Crippen molar-refractivity contribution in [3.63, 3.8) is 0 Å². The van der Waals surface area contributed by atoms with Gasteiger partial charge >= 0.3 is 0 Å². The summed E-state index contributed by atoms with van der Waals surface area (Å²) >= 11 is 6.17. The van der Waals surface area contributed by atoms with E-state index in [1.165, 1.54) is 6.92 Å². The van der Waals surface area contributed by atoms with Gasteiger partial charge in [0.1, 0.15) is 5.82 Å². The van der Waals surface area contributed by atoms with Crippen LogP contribution in [0.3, 0.4) is 0 Å². The number of rotatable bonds is 5. The van der Waals surface area contributed by atoms with Gasteiger partial charge < -0.3 is 16.0 Å². The van der Waals surface area contributed by atoms with Gasteiger partial charge in [0.05, 0.1) is 0 Å². The number of hydrogen-bond donors (Lipinski definition) is 3. The van der Waals surface area contributed by atoms with E-state index in [4.69, 9.17) is 11.6 Å². The van der Waals surface area contributed by atoms with Crippen molar-refractivity contribution in [2.75, 3.05) is 16.0 Å². The van der Waals surface area contributed by atoms with Crippen LogP contribution in [0.25, 0.3) is 0 Å². The zero-order chi connectivity index (χ0) is 19.4. The minimum Gasteiger partial charge on any atom is -0.340 e. The maximum absolute atomic E-state index is 11.1. The van der Waals surface area contributed by atoms with Crippen molar-refractivity contribution in [1.82, 2.24) is 9.97 Å². The number of benzene rings is 2. The highest BCUT2D eigenvalue weighted by Crippen LogP contribution is 2.24. The second-order valence-corrected chi connectivity index (χ2v) is 6.60. The number of amides is 1. The quantitative estimate of drug-likeness (QED) is 0.566. The Morgan fingerprint density at radius 1 is 0.889 bits per heavy atom. The lowest BCUT2D eigenvalue weighted by Crippen LogP contribution is -2.05. The van der Waals surface area contributed by atoms with Crippen molar-refractivity contribution >= 4 is 46.3 Å². The Balaban J connectivity index is 1.76. The molecule has 0 aliphatic rings. The van der Waals surface area contributed by atoms with Crippen LogP contribution >= 0.6 is 11.6 Å². The zero-order valence-corrected chi connectivity index (χ0v) is 16.1. The zero-order valence-electron chi connectivity index (χ0n) is 15.3. The Labute approximate surface area is 163 Å². The summed E-state index contributed by atoms with van der Waals surface area (Å²) in [5.41, 5.74) is 4.25. The maximum atomic E-state index is 11.1. The van der Waals surface area contributed by atoms with Crippen LogP contribution in [0.2, 0.25) is 5.02 Å². The third kappa shape index (κ3) is 5.18. The van der Waals surface area contributed by atoms with Gasteiger partial charge in [-0.25, -0.2) is 4.98 Å². The van der Waals surface area contributed by atoms with E-state index in [2.05, 4.69) is 25.9 Å². The molecule has 0 spiro atoms. The molecule has 27 heavy (non-hydrogen) atoms. The summed E-state index contributed by atoms with van der Waals surface area (Å²) in [4.78, 5) is 20.0. The summed E-state index contributed by atoms with van der Waals surface area (Å²) in [5, 5.41) is 9.84. The molecule has 1 heterocycles. The molecule has 138 valence electrons. The molecule has 1 aromatic heterocycles. The average Bonchev–Trinajstić information content (AvgIpc) is 2.59. The van der Waals surface area contributed by atoms with E-state index in [0.717, 1.165) is 28.3 Å². The smallest absolute Gasteiger partial charge is 0.229 e. The number of nitrogens with zero attached hydrogens (tertiary/aromatic N) is 2. The second kappa shape index (κ2) is 8.05. The fourth-order valence-electron chi connectivity index (χ4n) is 2.48. The van der Waals surface area contributed by atoms with Crippen LogP contribution in [-0.4, -0.2) is 15.9 Å². The first-order chi connectivity index (χ1) is 12.9. The number of carbonyl (C=O) groups excluding carboxylic acids is 1. The Bertz CT molecular complexity index is 973. The van der Waals surface area contributed by atoms with Crippen molar-refractivity contribution in [2.24, 2.45) is 0 Å². The number of aryl methyl sites for hydroxylation is 2. The average molecular weight is 382 g/mol. The van der Waals surface area contributed by atoms with E-state index in [-0.39, 0.29) is 5.91 Å². The number of carbonyl (C=O) groups is 1. The Morgan fingerprint density at radius 2 is 1.56 bits per heavy atom. The van der Waals surface area contributed by atoms with Gasteiger partial charge in [0, 0.05) is 40.8 Å². The molecule has 6 nitrogen and oxygen atoms in total. The fraction of sp³-hybridized carbons (Fsp3) is 0.150. The molecule has 0 aliphatic carbocycles. The van der Waals surface area contributed by atoms with Crippen LogP contribution in [0.5, 0.6) is 0 Å². The van der Waals surface area contributed by atoms with Crippen LogP contribution in [-0.2, 0) is 4.79 Å². The maximum Gasteiger partial charge on any atom is 0.229 e. The lowest BCUT2D eigenvalue weighted by molar-refractivity contribution is -0.114. The number of anilines is 5. The topological polar surface area (TPSA) is 78.9 Å². The SMILES string of the molecule is CC(=O)Nc1ccc(Nc2cc(C)nc(Nc3ccc(C)c(Cl)c3)n2)cc1. The Hall–Kier alpha value is -3.12. The lowest BCUT2D eigenvalue weighted by Gasteiger charge is -2.11. The van der Waals surface area contributed by atoms with E-state index in [1.54, 1.807) is 0 Å². The van der Waals surface area contributed by atoms with Crippen LogP contribution in [0.4, 0.5) is 28.8 Å². The van der Waals surface area contributed by atoms with Gasteiger partial charge in [0.15, 0.2) is 0 Å². The first kappa shape index (κ1) is 18.7. The van der Waals surface area contributed by atoms with Crippen LogP contribution < -0.4 is 16.0 Å². The summed E-state index contributed by atoms with van der Waals surface area (Å²) < 4.78 is 0. The van der Waals surface area contributed by atoms with E-state index in [9.17, 15) is 4.79 Å². The van der Waals surface area contributed by atoms with Gasteiger partial charge in [0.25, 0.3) is 0 Å². The lowest BCUT2D eigenvalue weighted by atomic mass is 10.2. The highest BCUT2D eigenvalue weighted by atomic mass is 35.5. The van der Waals surface area contributed by atoms with Gasteiger partial charge in [-0.1, -0.05) is 17.7 Å². The highest BCUT2D eigenvalue weighted by Gasteiger charge is 2.05. The summed E-state index contributed by atoms with van der Waals surface area (Å²) in [6.45, 7) is 5.33. The van der Waals surface area contributed by atoms with Crippen molar-refractivity contribution < 1.29 is 4.79 Å². The highest BCUT2D eigenvalue weighted by molar-refractivity contribution is 6.31. The standard InChI is InChI=1S/C20H20ClN5O/c1-12-4-5-17(11-18(12)21)25-20-22-13(2)10-19(26-20)24-16-8-6-15(7-9-16)23-14(3)27/h4-11H,1-3H3,(H,23,27)(H2,22,24,25,26). The predicted molar refractivity (Wildman–Crippen MR) is 110 cm³/mol. The summed E-state index contributed by atoms with van der Waals surface area (Å²) in [7, 11) is 0. The van der Waals surface area contributed by atoms with Gasteiger partial charge in [-0.2, -0.15) is 4.98 Å². The largest absolute Gasteiger partial charge is 0.340 e. The molecule has 3 N–H and O–H groups in total. The second-order valence-electron chi connectivity index (χ2n) is 6.19. The molecule has 0 fully saturated rings. The first-order valence-corrected chi connectivity index (χ1v) is 8.80. The molecule has 0 bridgehead atoms. The molecule has 3 rings (SSSR count). The minimum atomic E-state index is -0.103. The van der Waals surface area contributed by atoms with E-state index in [1.807, 2.05) is 62.4 Å². The number of aromatic nitrogens is 2. The van der Waals surface area contributed by atoms with Gasteiger partial charge in [0.2, 0.25) is 11.9 Å². The summed E-state index contributed by atoms with van der Waals surface area (Å²) in [6, 6.07) is 15.0. The summed E-state index contributed by atoms with van der Waals surface area (Å²) in [6.07, 6.45) is 0. The van der Waals surface area contributed by atoms with Gasteiger partial charge in [-0.3, -0.25) is 4.79 Å². The number of nitrogens with one attached hydrogen (secondary N) is 3. The molecule has 7 heteroatoms. The summed E-state index contributed by atoms with van der Waals surface area (Å²) in [5.74, 6) is 1.04. The van der Waals surface area contributed by atoms with Crippen molar-refractivity contribution in [1.29, 1.82) is 0 Å². The van der Waals surface area contributed by atoms with Crippen molar-refractivity contribution in [3.8, 4) is 0 Å². The van der Waals surface area contributed by atoms with Crippen LogP contribution in [0, 0.1) is 13.8 Å². The third-order valence-corrected chi connectivity index (χ3v) is 4.17. The van der Waals surface area contributed by atoms with Gasteiger partial charge in [-0.15, -0.1) is 0 Å². The molecular weight excluding hydrogens is 362 g/mol. The first-order valence-electron chi connectivity index (χ1n) is 8.42. The normalized spacial score (nSPS) is 10.4. The van der Waals surface area contributed by atoms with Crippen LogP contribution in [0.15, 0.2) is 48.5 Å². The molecule has 0 unspecified atom stereocenters. The molecule has 2 aromatic carbocycles. The fourth-order valence-corrected chi connectivity index (χ4v) is 2.66. The number of hydrogen-bond acceptors (Lipinski definition) is 5. The molecule has 0 aliphatic heterocycles. The monoisotopic (exact) mass is 381 g/mol. The molecular formula is C20H20ClN5O. The molecule has 0 saturated carbocycles. The Kier molecular flexibility index (Phi) is 5.57. The molecule has 0 radical (unpaired) electrons. The number of halogens is 1. The molecule has 0 atom stereocenters. The molecule has 0 saturated heterocycles. The van der Waals surface area contributed by atoms with E-state index < -0.39 is 0 Å². The van der Waals surface area contributed by atoms with Gasteiger partial charge in [-0.05, 0) is 55.8 Å². The van der Waals surface area contributed by atoms with Crippen molar-refractivity contribution in [2.45, 2.75) is 20.8 Å². The Morgan fingerprint density at radius 3 is 2.22 bits per heavy atom. The predicted octanol–water partition coefficient (Wildman–Crippen LogP) is 5.19. The van der Waals surface area contributed by atoms with Crippen LogP contribution in [0.1, 0.15) is 18.2 Å².